The van der Waals surface area contributed by atoms with Gasteiger partial charge < -0.3 is 14.8 Å². The molecule has 0 spiro atoms. The fraction of sp³-hybridized carbons (Fsp3) is 0.417. The number of aromatic amines is 1. The van der Waals surface area contributed by atoms with Gasteiger partial charge in [-0.3, -0.25) is 19.1 Å². The van der Waals surface area contributed by atoms with Crippen molar-refractivity contribution < 1.29 is 14.3 Å². The number of hydrogen-bond acceptors (Lipinski definition) is 6. The third-order valence-corrected chi connectivity index (χ3v) is 5.84. The van der Waals surface area contributed by atoms with Gasteiger partial charge in [-0.05, 0) is 30.9 Å². The topological polar surface area (TPSA) is 115 Å². The number of nitrogens with zero attached hydrogens (tertiary/aromatic N) is 2. The number of carbonyl (C=O) groups is 1. The number of hydrogen-bond donors (Lipinski definition) is 2. The van der Waals surface area contributed by atoms with Crippen molar-refractivity contribution in [3.05, 3.63) is 61.9 Å². The molecule has 2 N–H and O–H groups in total. The van der Waals surface area contributed by atoms with Crippen molar-refractivity contribution in [1.29, 1.82) is 0 Å². The first-order chi connectivity index (χ1) is 15.9. The number of pyridine rings is 1. The van der Waals surface area contributed by atoms with Crippen LogP contribution in [0.5, 0.6) is 11.5 Å². The number of ether oxygens (including phenoxy) is 2. The molecule has 1 aliphatic heterocycles. The number of rotatable bonds is 6. The summed E-state index contributed by atoms with van der Waals surface area (Å²) in [6.07, 6.45) is 1.95. The lowest BCUT2D eigenvalue weighted by Crippen LogP contribution is -2.34. The first kappa shape index (κ1) is 21.2. The molecule has 0 saturated heterocycles. The summed E-state index contributed by atoms with van der Waals surface area (Å²) in [5.74, 6) is 1.26. The third-order valence-electron chi connectivity index (χ3n) is 5.84. The predicted octanol–water partition coefficient (Wildman–Crippen LogP) is 2.32. The molecular weight excluding hydrogens is 424 g/mol. The minimum atomic E-state index is -0.608. The Morgan fingerprint density at radius 2 is 2.03 bits per heavy atom. The lowest BCUT2D eigenvalue weighted by atomic mass is 10.1. The Hall–Kier alpha value is -3.62. The molecule has 1 aliphatic carbocycles. The largest absolute Gasteiger partial charge is 0.486 e. The fourth-order valence-electron chi connectivity index (χ4n) is 4.14. The van der Waals surface area contributed by atoms with E-state index in [1.807, 2.05) is 32.0 Å². The number of H-pyrrole nitrogens is 1. The molecule has 0 bridgehead atoms. The van der Waals surface area contributed by atoms with Crippen molar-refractivity contribution in [3.8, 4) is 11.5 Å². The summed E-state index contributed by atoms with van der Waals surface area (Å²) in [5.41, 5.74) is 0.893. The Morgan fingerprint density at radius 3 is 2.79 bits per heavy atom. The highest BCUT2D eigenvalue weighted by molar-refractivity contribution is 6.05. The minimum absolute atomic E-state index is 0.131. The molecule has 9 nitrogen and oxygen atoms in total. The van der Waals surface area contributed by atoms with Crippen molar-refractivity contribution in [2.24, 2.45) is 5.92 Å². The first-order valence-electron chi connectivity index (χ1n) is 11.3. The number of aromatic nitrogens is 3. The van der Waals surface area contributed by atoms with Gasteiger partial charge in [-0.25, -0.2) is 9.78 Å². The molecule has 1 fully saturated rings. The van der Waals surface area contributed by atoms with Crippen LogP contribution < -0.4 is 26.0 Å². The normalized spacial score (nSPS) is 15.1. The molecule has 3 heterocycles. The molecule has 5 rings (SSSR count). The molecule has 3 aromatic rings. The number of para-hydroxylation sites is 1. The van der Waals surface area contributed by atoms with Gasteiger partial charge in [-0.1, -0.05) is 26.0 Å². The number of amides is 1. The second-order valence-electron chi connectivity index (χ2n) is 8.96. The van der Waals surface area contributed by atoms with E-state index in [2.05, 4.69) is 15.3 Å². The van der Waals surface area contributed by atoms with Crippen molar-refractivity contribution >= 4 is 16.9 Å². The highest BCUT2D eigenvalue weighted by atomic mass is 16.6. The van der Waals surface area contributed by atoms with E-state index in [0.717, 1.165) is 24.1 Å². The predicted molar refractivity (Wildman–Crippen MR) is 122 cm³/mol. The Balaban J connectivity index is 1.55. The second-order valence-corrected chi connectivity index (χ2v) is 8.96. The summed E-state index contributed by atoms with van der Waals surface area (Å²) in [5, 5.41) is 3.04. The molecule has 1 aromatic carbocycles. The zero-order chi connectivity index (χ0) is 23.1. The molecule has 1 saturated carbocycles. The smallest absolute Gasteiger partial charge is 0.330 e. The molecule has 172 valence electrons. The lowest BCUT2D eigenvalue weighted by molar-refractivity contribution is 0.0951. The average molecular weight is 450 g/mol. The van der Waals surface area contributed by atoms with Crippen LogP contribution in [-0.4, -0.2) is 33.7 Å². The highest BCUT2D eigenvalue weighted by Crippen LogP contribution is 2.40. The van der Waals surface area contributed by atoms with Gasteiger partial charge in [0.2, 0.25) is 0 Å². The van der Waals surface area contributed by atoms with Gasteiger partial charge >= 0.3 is 5.69 Å². The van der Waals surface area contributed by atoms with Gasteiger partial charge in [0.1, 0.15) is 13.2 Å². The number of carbonyl (C=O) groups excluding carboxylic acids is 1. The molecule has 1 amide bonds. The molecule has 9 heteroatoms. The van der Waals surface area contributed by atoms with Crippen LogP contribution >= 0.6 is 0 Å². The van der Waals surface area contributed by atoms with Crippen molar-refractivity contribution in [2.75, 3.05) is 13.2 Å². The monoisotopic (exact) mass is 450 g/mol. The Morgan fingerprint density at radius 1 is 1.24 bits per heavy atom. The minimum Gasteiger partial charge on any atom is -0.486 e. The van der Waals surface area contributed by atoms with Crippen LogP contribution in [0.3, 0.4) is 0 Å². The van der Waals surface area contributed by atoms with Crippen molar-refractivity contribution in [2.45, 2.75) is 45.7 Å². The maximum absolute atomic E-state index is 13.3. The lowest BCUT2D eigenvalue weighted by Gasteiger charge is -2.21. The molecule has 2 aromatic heterocycles. The summed E-state index contributed by atoms with van der Waals surface area (Å²) in [6.45, 7) is 5.48. The zero-order valence-electron chi connectivity index (χ0n) is 18.6. The molecule has 2 aliphatic rings. The van der Waals surface area contributed by atoms with Gasteiger partial charge in [-0.15, -0.1) is 0 Å². The average Bonchev–Trinajstić information content (AvgIpc) is 3.64. The molecule has 0 unspecified atom stereocenters. The van der Waals surface area contributed by atoms with E-state index in [-0.39, 0.29) is 35.0 Å². The van der Waals surface area contributed by atoms with E-state index in [4.69, 9.17) is 9.47 Å². The Kier molecular flexibility index (Phi) is 5.39. The maximum atomic E-state index is 13.3. The summed E-state index contributed by atoms with van der Waals surface area (Å²) < 4.78 is 12.8. The van der Waals surface area contributed by atoms with Crippen LogP contribution in [-0.2, 0) is 13.1 Å². The van der Waals surface area contributed by atoms with Crippen LogP contribution in [0.4, 0.5) is 0 Å². The number of benzene rings is 1. The van der Waals surface area contributed by atoms with Crippen LogP contribution in [0.2, 0.25) is 0 Å². The van der Waals surface area contributed by atoms with E-state index in [0.29, 0.717) is 31.3 Å². The van der Waals surface area contributed by atoms with Crippen LogP contribution in [0.1, 0.15) is 54.2 Å². The van der Waals surface area contributed by atoms with E-state index in [1.54, 1.807) is 6.07 Å². The van der Waals surface area contributed by atoms with E-state index in [9.17, 15) is 14.4 Å². The Labute approximate surface area is 189 Å². The maximum Gasteiger partial charge on any atom is 0.330 e. The molecular formula is C24H26N4O5. The first-order valence-corrected chi connectivity index (χ1v) is 11.3. The van der Waals surface area contributed by atoms with E-state index < -0.39 is 17.2 Å². The van der Waals surface area contributed by atoms with Crippen molar-refractivity contribution in [1.82, 2.24) is 19.9 Å². The van der Waals surface area contributed by atoms with Gasteiger partial charge in [0.15, 0.2) is 17.1 Å². The SMILES string of the molecule is CC(C)Cn1c(=O)[nH]c(=O)c2c(C(=O)NCc3cccc4c3OCCO4)cc(C3CC3)nc21. The van der Waals surface area contributed by atoms with Crippen LogP contribution in [0.25, 0.3) is 11.0 Å². The van der Waals surface area contributed by atoms with E-state index >= 15 is 0 Å². The standard InChI is InChI=1S/C24H26N4O5/c1-13(2)12-28-21-19(23(30)27-24(28)31)16(10-17(26-21)14-6-7-14)22(29)25-11-15-4-3-5-18-20(15)33-9-8-32-18/h3-5,10,13-14H,6-9,11-12H2,1-2H3,(H,25,29)(H,27,30,31). The van der Waals surface area contributed by atoms with Gasteiger partial charge in [0, 0.05) is 30.3 Å². The van der Waals surface area contributed by atoms with E-state index in [1.165, 1.54) is 4.57 Å². The summed E-state index contributed by atoms with van der Waals surface area (Å²) in [4.78, 5) is 45.7. The summed E-state index contributed by atoms with van der Waals surface area (Å²) >= 11 is 0. The molecule has 0 atom stereocenters. The number of fused-ring (bicyclic) bond motifs is 2. The molecule has 33 heavy (non-hydrogen) atoms. The molecule has 0 radical (unpaired) electrons. The zero-order valence-corrected chi connectivity index (χ0v) is 18.6. The summed E-state index contributed by atoms with van der Waals surface area (Å²) in [7, 11) is 0. The van der Waals surface area contributed by atoms with Crippen molar-refractivity contribution in [3.63, 3.8) is 0 Å². The quantitative estimate of drug-likeness (QED) is 0.596. The second kappa shape index (κ2) is 8.38. The van der Waals surface area contributed by atoms with Crippen LogP contribution in [0.15, 0.2) is 33.9 Å². The van der Waals surface area contributed by atoms with Gasteiger partial charge in [0.05, 0.1) is 10.9 Å². The van der Waals surface area contributed by atoms with Gasteiger partial charge in [-0.2, -0.15) is 0 Å². The van der Waals surface area contributed by atoms with Crippen LogP contribution in [0, 0.1) is 5.92 Å². The Bertz CT molecular complexity index is 1350. The highest BCUT2D eigenvalue weighted by Gasteiger charge is 2.29. The summed E-state index contributed by atoms with van der Waals surface area (Å²) in [6, 6.07) is 7.22. The van der Waals surface area contributed by atoms with Gasteiger partial charge in [0.25, 0.3) is 11.5 Å². The third kappa shape index (κ3) is 4.10. The fourth-order valence-corrected chi connectivity index (χ4v) is 4.14. The number of nitrogens with one attached hydrogen (secondary N) is 2.